The fourth-order valence-corrected chi connectivity index (χ4v) is 4.29. The van der Waals surface area contributed by atoms with Gasteiger partial charge in [0.1, 0.15) is 0 Å². The summed E-state index contributed by atoms with van der Waals surface area (Å²) in [5.74, 6) is 6.48. The lowest BCUT2D eigenvalue weighted by Gasteiger charge is -2.13. The van der Waals surface area contributed by atoms with E-state index in [2.05, 4.69) is 37.2 Å². The molecule has 4 nitrogen and oxygen atoms in total. The molecule has 0 amide bonds. The summed E-state index contributed by atoms with van der Waals surface area (Å²) in [4.78, 5) is 13.2. The maximum Gasteiger partial charge on any atom is 0.165 e. The molecule has 0 radical (unpaired) electrons. The summed E-state index contributed by atoms with van der Waals surface area (Å²) in [6.45, 7) is 8.26. The molecule has 32 heavy (non-hydrogen) atoms. The molecule has 1 aromatic heterocycles. The molecule has 0 aliphatic rings. The summed E-state index contributed by atoms with van der Waals surface area (Å²) in [6.07, 6.45) is 5.16. The van der Waals surface area contributed by atoms with Gasteiger partial charge in [-0.15, -0.1) is 5.92 Å². The van der Waals surface area contributed by atoms with Gasteiger partial charge in [0.05, 0.1) is 0 Å². The second-order valence-corrected chi connectivity index (χ2v) is 10.4. The number of carbonyl (C=O) groups excluding carboxylic acids is 1. The van der Waals surface area contributed by atoms with E-state index in [-0.39, 0.29) is 30.0 Å². The van der Waals surface area contributed by atoms with Crippen LogP contribution in [0.3, 0.4) is 0 Å². The Bertz CT molecular complexity index is 973. The van der Waals surface area contributed by atoms with Gasteiger partial charge in [0.2, 0.25) is 0 Å². The number of aromatic nitrogens is 1. The molecule has 0 spiro atoms. The summed E-state index contributed by atoms with van der Waals surface area (Å²) in [5, 5.41) is 20.0. The van der Waals surface area contributed by atoms with Crippen LogP contribution in [0.1, 0.15) is 88.7 Å². The predicted molar refractivity (Wildman–Crippen MR) is 133 cm³/mol. The highest BCUT2D eigenvalue weighted by Crippen LogP contribution is 2.31. The first kappa shape index (κ1) is 26.5. The van der Waals surface area contributed by atoms with Gasteiger partial charge in [-0.2, -0.15) is 0 Å². The molecule has 0 fully saturated rings. The number of fused-ring (bicyclic) bond motifs is 1. The number of hydrogen-bond donors (Lipinski definition) is 2. The van der Waals surface area contributed by atoms with E-state index in [0.29, 0.717) is 5.02 Å². The van der Waals surface area contributed by atoms with E-state index in [1.165, 1.54) is 0 Å². The smallest absolute Gasteiger partial charge is 0.165 e. The SMILES string of the molecule is C[C@@H](CC(=O)c1c(CCCCCCC#CC(C)(C)C)n(C)c2ccc(Cl)cc12)CC(O)O. The van der Waals surface area contributed by atoms with Gasteiger partial charge in [-0.05, 0) is 64.2 Å². The van der Waals surface area contributed by atoms with Crippen LogP contribution in [0.25, 0.3) is 10.9 Å². The van der Waals surface area contributed by atoms with Crippen LogP contribution in [0.2, 0.25) is 5.02 Å². The number of nitrogens with zero attached hydrogens (tertiary/aromatic N) is 1. The number of Topliss-reactive ketones (excluding diaryl/α,β-unsaturated/α-hetero) is 1. The number of aryl methyl sites for hydroxylation is 1. The lowest BCUT2D eigenvalue weighted by atomic mass is 9.94. The molecular weight excluding hydrogens is 422 g/mol. The highest BCUT2D eigenvalue weighted by molar-refractivity contribution is 6.31. The van der Waals surface area contributed by atoms with Crippen LogP contribution >= 0.6 is 11.6 Å². The monoisotopic (exact) mass is 459 g/mol. The Morgan fingerprint density at radius 1 is 1.16 bits per heavy atom. The minimum Gasteiger partial charge on any atom is -0.368 e. The number of aliphatic hydroxyl groups is 2. The van der Waals surface area contributed by atoms with Crippen molar-refractivity contribution >= 4 is 28.3 Å². The Labute approximate surface area is 198 Å². The van der Waals surface area contributed by atoms with Crippen molar-refractivity contribution in [1.82, 2.24) is 4.57 Å². The van der Waals surface area contributed by atoms with Gasteiger partial charge in [0.25, 0.3) is 0 Å². The van der Waals surface area contributed by atoms with Crippen LogP contribution < -0.4 is 0 Å². The van der Waals surface area contributed by atoms with E-state index in [0.717, 1.165) is 60.7 Å². The van der Waals surface area contributed by atoms with E-state index in [1.807, 2.05) is 32.2 Å². The molecule has 0 saturated heterocycles. The summed E-state index contributed by atoms with van der Waals surface area (Å²) in [5.41, 5.74) is 2.84. The Hall–Kier alpha value is -1.80. The van der Waals surface area contributed by atoms with Crippen molar-refractivity contribution in [2.24, 2.45) is 18.4 Å². The molecule has 0 aliphatic heterocycles. The number of hydrogen-bond acceptors (Lipinski definition) is 3. The van der Waals surface area contributed by atoms with Gasteiger partial charge >= 0.3 is 0 Å². The number of halogens is 1. The largest absolute Gasteiger partial charge is 0.368 e. The van der Waals surface area contributed by atoms with Crippen molar-refractivity contribution in [3.05, 3.63) is 34.5 Å². The average Bonchev–Trinajstić information content (AvgIpc) is 2.93. The third-order valence-electron chi connectivity index (χ3n) is 5.64. The summed E-state index contributed by atoms with van der Waals surface area (Å²) in [6, 6.07) is 5.69. The lowest BCUT2D eigenvalue weighted by Crippen LogP contribution is -2.15. The highest BCUT2D eigenvalue weighted by atomic mass is 35.5. The zero-order valence-electron chi connectivity index (χ0n) is 20.2. The van der Waals surface area contributed by atoms with E-state index in [9.17, 15) is 15.0 Å². The maximum atomic E-state index is 13.2. The number of aliphatic hydroxyl groups excluding tert-OH is 1. The Kier molecular flexibility index (Phi) is 9.83. The fraction of sp³-hybridized carbons (Fsp3) is 0.593. The normalized spacial score (nSPS) is 12.8. The molecule has 1 atom stereocenters. The predicted octanol–water partition coefficient (Wildman–Crippen LogP) is 6.28. The van der Waals surface area contributed by atoms with Crippen LogP contribution in [-0.2, 0) is 13.5 Å². The van der Waals surface area contributed by atoms with Gasteiger partial charge < -0.3 is 14.8 Å². The second-order valence-electron chi connectivity index (χ2n) is 9.96. The third-order valence-corrected chi connectivity index (χ3v) is 5.87. The van der Waals surface area contributed by atoms with Crippen molar-refractivity contribution < 1.29 is 15.0 Å². The van der Waals surface area contributed by atoms with E-state index in [1.54, 1.807) is 0 Å². The Morgan fingerprint density at radius 2 is 1.84 bits per heavy atom. The van der Waals surface area contributed by atoms with E-state index in [4.69, 9.17) is 11.6 Å². The van der Waals surface area contributed by atoms with Crippen LogP contribution in [0.15, 0.2) is 18.2 Å². The van der Waals surface area contributed by atoms with Crippen molar-refractivity contribution in [1.29, 1.82) is 0 Å². The van der Waals surface area contributed by atoms with Crippen molar-refractivity contribution in [3.8, 4) is 11.8 Å². The minimum atomic E-state index is -1.40. The van der Waals surface area contributed by atoms with Crippen LogP contribution in [0.4, 0.5) is 0 Å². The fourth-order valence-electron chi connectivity index (χ4n) is 4.12. The molecule has 0 saturated carbocycles. The van der Waals surface area contributed by atoms with Gasteiger partial charge in [-0.1, -0.05) is 37.3 Å². The molecule has 1 aromatic carbocycles. The number of rotatable bonds is 11. The molecule has 0 aliphatic carbocycles. The molecule has 5 heteroatoms. The summed E-state index contributed by atoms with van der Waals surface area (Å²) < 4.78 is 2.11. The first-order chi connectivity index (χ1) is 15.0. The Balaban J connectivity index is 2.10. The Morgan fingerprint density at radius 3 is 2.50 bits per heavy atom. The van der Waals surface area contributed by atoms with Gasteiger partial charge in [0.15, 0.2) is 12.1 Å². The number of ketones is 1. The standard InChI is InChI=1S/C27H38ClNO3/c1-19(17-25(31)32)16-24(30)26-21-18-20(28)13-14-22(21)29(5)23(26)12-10-8-6-7-9-11-15-27(2,3)4/h13-14,18-19,25,31-32H,6-10,12,16-17H2,1-5H3/t19-/m0/s1. The summed E-state index contributed by atoms with van der Waals surface area (Å²) >= 11 is 6.25. The zero-order chi connectivity index (χ0) is 23.9. The first-order valence-corrected chi connectivity index (χ1v) is 12.0. The molecular formula is C27H38ClNO3. The highest BCUT2D eigenvalue weighted by Gasteiger charge is 2.23. The van der Waals surface area contributed by atoms with Gasteiger partial charge in [0, 0.05) is 58.9 Å². The molecule has 176 valence electrons. The van der Waals surface area contributed by atoms with Crippen LogP contribution in [0.5, 0.6) is 0 Å². The van der Waals surface area contributed by atoms with E-state index >= 15 is 0 Å². The minimum absolute atomic E-state index is 0.0403. The number of carbonyl (C=O) groups is 1. The van der Waals surface area contributed by atoms with Crippen LogP contribution in [0, 0.1) is 23.2 Å². The quantitative estimate of drug-likeness (QED) is 0.180. The van der Waals surface area contributed by atoms with Gasteiger partial charge in [-0.3, -0.25) is 4.79 Å². The zero-order valence-corrected chi connectivity index (χ0v) is 20.9. The van der Waals surface area contributed by atoms with Gasteiger partial charge in [-0.25, -0.2) is 0 Å². The average molecular weight is 460 g/mol. The number of benzene rings is 1. The van der Waals surface area contributed by atoms with E-state index < -0.39 is 6.29 Å². The lowest BCUT2D eigenvalue weighted by molar-refractivity contribution is -0.0543. The molecule has 1 heterocycles. The first-order valence-electron chi connectivity index (χ1n) is 11.7. The van der Waals surface area contributed by atoms with Crippen molar-refractivity contribution in [2.75, 3.05) is 0 Å². The number of unbranched alkanes of at least 4 members (excludes halogenated alkanes) is 4. The maximum absolute atomic E-state index is 13.2. The van der Waals surface area contributed by atoms with Crippen molar-refractivity contribution in [3.63, 3.8) is 0 Å². The van der Waals surface area contributed by atoms with Crippen molar-refractivity contribution in [2.45, 2.75) is 85.4 Å². The molecule has 0 unspecified atom stereocenters. The third kappa shape index (κ3) is 7.96. The second kappa shape index (κ2) is 11.9. The molecule has 2 aromatic rings. The molecule has 2 rings (SSSR count). The molecule has 2 N–H and O–H groups in total. The topological polar surface area (TPSA) is 62.5 Å². The molecule has 0 bridgehead atoms. The van der Waals surface area contributed by atoms with Crippen LogP contribution in [-0.4, -0.2) is 26.9 Å². The summed E-state index contributed by atoms with van der Waals surface area (Å²) in [7, 11) is 2.01.